The van der Waals surface area contributed by atoms with Gasteiger partial charge < -0.3 is 10.1 Å². The second-order valence-corrected chi connectivity index (χ2v) is 11.6. The Morgan fingerprint density at radius 3 is 2.81 bits per heavy atom. The number of ether oxygens (including phenoxy) is 1. The van der Waals surface area contributed by atoms with E-state index < -0.39 is 0 Å². The number of thiophene rings is 1. The number of nitrogens with one attached hydrogen (secondary N) is 1. The average molecular weight is 478 g/mol. The minimum atomic E-state index is -0.00487. The summed E-state index contributed by atoms with van der Waals surface area (Å²) in [6, 6.07) is 0.152. The van der Waals surface area contributed by atoms with E-state index >= 15 is 0 Å². The fourth-order valence-corrected chi connectivity index (χ4v) is 6.71. The smallest absolute Gasteiger partial charge is 0.263 e. The Kier molecular flexibility index (Phi) is 7.95. The number of hydrogen-bond acceptors (Lipinski definition) is 6. The number of thioether (sulfide) groups is 1. The van der Waals surface area contributed by atoms with Crippen molar-refractivity contribution in [2.24, 2.45) is 5.92 Å². The Balaban J connectivity index is 1.55. The molecule has 2 aliphatic rings. The largest absolute Gasteiger partial charge is 0.376 e. The Hall–Kier alpha value is -1.38. The molecule has 1 saturated heterocycles. The maximum atomic E-state index is 13.6. The predicted octanol–water partition coefficient (Wildman–Crippen LogP) is 4.55. The van der Waals surface area contributed by atoms with Gasteiger partial charge in [0.1, 0.15) is 4.83 Å². The molecule has 1 fully saturated rings. The molecule has 176 valence electrons. The summed E-state index contributed by atoms with van der Waals surface area (Å²) in [5.74, 6) is 0.888. The van der Waals surface area contributed by atoms with E-state index in [1.165, 1.54) is 28.6 Å². The molecule has 0 radical (unpaired) electrons. The summed E-state index contributed by atoms with van der Waals surface area (Å²) in [6.45, 7) is 7.71. The van der Waals surface area contributed by atoms with Crippen LogP contribution in [0.5, 0.6) is 0 Å². The van der Waals surface area contributed by atoms with E-state index in [2.05, 4.69) is 26.1 Å². The number of aromatic nitrogens is 2. The van der Waals surface area contributed by atoms with Crippen molar-refractivity contribution in [3.05, 3.63) is 20.8 Å². The summed E-state index contributed by atoms with van der Waals surface area (Å²) in [7, 11) is 0. The summed E-state index contributed by atoms with van der Waals surface area (Å²) in [4.78, 5) is 33.2. The zero-order chi connectivity index (χ0) is 22.7. The lowest BCUT2D eigenvalue weighted by atomic mass is 9.97. The molecular formula is C24H35N3O3S2. The van der Waals surface area contributed by atoms with Crippen molar-refractivity contribution in [3.8, 4) is 0 Å². The van der Waals surface area contributed by atoms with E-state index in [1.54, 1.807) is 15.9 Å². The summed E-state index contributed by atoms with van der Waals surface area (Å²) in [5.41, 5.74) is 1.25. The molecule has 2 aromatic rings. The van der Waals surface area contributed by atoms with Crippen LogP contribution in [0.4, 0.5) is 0 Å². The van der Waals surface area contributed by atoms with Crippen LogP contribution in [0, 0.1) is 5.92 Å². The van der Waals surface area contributed by atoms with Crippen LogP contribution in [-0.4, -0.2) is 40.0 Å². The third-order valence-corrected chi connectivity index (χ3v) is 8.53. The van der Waals surface area contributed by atoms with Gasteiger partial charge in [0, 0.05) is 17.5 Å². The molecule has 4 rings (SSSR count). The van der Waals surface area contributed by atoms with Crippen LogP contribution in [0.3, 0.4) is 0 Å². The van der Waals surface area contributed by atoms with Crippen LogP contribution < -0.4 is 10.9 Å². The normalized spacial score (nSPS) is 19.4. The van der Waals surface area contributed by atoms with Crippen LogP contribution in [-0.2, 0) is 28.9 Å². The van der Waals surface area contributed by atoms with Gasteiger partial charge in [-0.1, -0.05) is 25.6 Å². The van der Waals surface area contributed by atoms with Gasteiger partial charge >= 0.3 is 0 Å². The first-order valence-corrected chi connectivity index (χ1v) is 13.8. The van der Waals surface area contributed by atoms with Crippen molar-refractivity contribution >= 4 is 39.2 Å². The first-order valence-electron chi connectivity index (χ1n) is 12.0. The Labute approximate surface area is 198 Å². The van der Waals surface area contributed by atoms with Crippen molar-refractivity contribution < 1.29 is 9.53 Å². The highest BCUT2D eigenvalue weighted by Gasteiger charge is 2.25. The average Bonchev–Trinajstić information content (AvgIpc) is 3.40. The molecule has 2 aromatic heterocycles. The molecule has 1 amide bonds. The van der Waals surface area contributed by atoms with Gasteiger partial charge in [0.05, 0.1) is 23.8 Å². The van der Waals surface area contributed by atoms with Crippen LogP contribution in [0.2, 0.25) is 0 Å². The standard InChI is InChI=1S/C24H35N3O3S2/c1-15(2)10-11-16(3)25-20(28)14-31-24-26-22-21(18-8-4-5-9-19(18)32-22)23(29)27(24)13-17-7-6-12-30-17/h15-17H,4-14H2,1-3H3,(H,25,28). The summed E-state index contributed by atoms with van der Waals surface area (Å²) in [5, 5.41) is 4.54. The van der Waals surface area contributed by atoms with E-state index in [0.717, 1.165) is 61.8 Å². The molecule has 1 aliphatic carbocycles. The van der Waals surface area contributed by atoms with Crippen molar-refractivity contribution in [3.63, 3.8) is 0 Å². The highest BCUT2D eigenvalue weighted by molar-refractivity contribution is 7.99. The monoisotopic (exact) mass is 477 g/mol. The van der Waals surface area contributed by atoms with E-state index in [0.29, 0.717) is 17.6 Å². The lowest BCUT2D eigenvalue weighted by Gasteiger charge is -2.17. The molecule has 2 atom stereocenters. The Morgan fingerprint density at radius 1 is 1.25 bits per heavy atom. The van der Waals surface area contributed by atoms with Crippen LogP contribution in [0.25, 0.3) is 10.2 Å². The number of nitrogens with zero attached hydrogens (tertiary/aromatic N) is 2. The first kappa shape index (κ1) is 23.8. The zero-order valence-corrected chi connectivity index (χ0v) is 21.1. The third kappa shape index (κ3) is 5.57. The molecule has 2 unspecified atom stereocenters. The van der Waals surface area contributed by atoms with Crippen molar-refractivity contribution in [1.29, 1.82) is 0 Å². The molecule has 6 nitrogen and oxygen atoms in total. The molecule has 0 aromatic carbocycles. The topological polar surface area (TPSA) is 73.2 Å². The number of hydrogen-bond donors (Lipinski definition) is 1. The Morgan fingerprint density at radius 2 is 2.06 bits per heavy atom. The molecule has 3 heterocycles. The van der Waals surface area contributed by atoms with Gasteiger partial charge in [-0.05, 0) is 69.8 Å². The van der Waals surface area contributed by atoms with E-state index in [9.17, 15) is 9.59 Å². The summed E-state index contributed by atoms with van der Waals surface area (Å²) < 4.78 is 7.60. The summed E-state index contributed by atoms with van der Waals surface area (Å²) >= 11 is 3.03. The number of fused-ring (bicyclic) bond motifs is 3. The van der Waals surface area contributed by atoms with Gasteiger partial charge in [0.2, 0.25) is 5.91 Å². The SMILES string of the molecule is CC(C)CCC(C)NC(=O)CSc1nc2sc3c(c2c(=O)n1CC1CCCO1)CCCC3. The molecule has 0 saturated carbocycles. The number of carbonyl (C=O) groups is 1. The van der Waals surface area contributed by atoms with Gasteiger partial charge in [-0.2, -0.15) is 0 Å². The van der Waals surface area contributed by atoms with E-state index in [4.69, 9.17) is 9.72 Å². The third-order valence-electron chi connectivity index (χ3n) is 6.37. The van der Waals surface area contributed by atoms with E-state index in [1.807, 2.05) is 0 Å². The first-order chi connectivity index (χ1) is 15.4. The second kappa shape index (κ2) is 10.7. The molecule has 1 N–H and O–H groups in total. The molecule has 32 heavy (non-hydrogen) atoms. The molecule has 1 aliphatic heterocycles. The fraction of sp³-hybridized carbons (Fsp3) is 0.708. The number of carbonyl (C=O) groups excluding carboxylic acids is 1. The Bertz CT molecular complexity index is 1010. The summed E-state index contributed by atoms with van der Waals surface area (Å²) in [6.07, 6.45) is 8.43. The molecule has 0 bridgehead atoms. The van der Waals surface area contributed by atoms with Crippen molar-refractivity contribution in [2.45, 2.75) is 96.0 Å². The van der Waals surface area contributed by atoms with E-state index in [-0.39, 0.29) is 29.4 Å². The molecule has 8 heteroatoms. The van der Waals surface area contributed by atoms with Gasteiger partial charge in [-0.3, -0.25) is 14.2 Å². The van der Waals surface area contributed by atoms with Gasteiger partial charge in [0.15, 0.2) is 5.16 Å². The maximum Gasteiger partial charge on any atom is 0.263 e. The quantitative estimate of drug-likeness (QED) is 0.424. The van der Waals surface area contributed by atoms with Crippen molar-refractivity contribution in [1.82, 2.24) is 14.9 Å². The van der Waals surface area contributed by atoms with Gasteiger partial charge in [-0.25, -0.2) is 4.98 Å². The van der Waals surface area contributed by atoms with Crippen molar-refractivity contribution in [2.75, 3.05) is 12.4 Å². The van der Waals surface area contributed by atoms with Gasteiger partial charge in [0.25, 0.3) is 5.56 Å². The predicted molar refractivity (Wildman–Crippen MR) is 132 cm³/mol. The van der Waals surface area contributed by atoms with Crippen LogP contribution >= 0.6 is 23.1 Å². The number of aryl methyl sites for hydroxylation is 2. The maximum absolute atomic E-state index is 13.6. The van der Waals surface area contributed by atoms with Crippen LogP contribution in [0.1, 0.15) is 69.7 Å². The number of amides is 1. The lowest BCUT2D eigenvalue weighted by molar-refractivity contribution is -0.119. The fourth-order valence-electron chi connectivity index (χ4n) is 4.59. The zero-order valence-electron chi connectivity index (χ0n) is 19.4. The minimum absolute atomic E-state index is 0.00487. The highest BCUT2D eigenvalue weighted by atomic mass is 32.2. The lowest BCUT2D eigenvalue weighted by Crippen LogP contribution is -2.34. The number of rotatable bonds is 9. The highest BCUT2D eigenvalue weighted by Crippen LogP contribution is 2.35. The van der Waals surface area contributed by atoms with Gasteiger partial charge in [-0.15, -0.1) is 11.3 Å². The van der Waals surface area contributed by atoms with Crippen LogP contribution in [0.15, 0.2) is 9.95 Å². The minimum Gasteiger partial charge on any atom is -0.376 e. The molecule has 0 spiro atoms. The molecular weight excluding hydrogens is 442 g/mol. The second-order valence-electron chi connectivity index (χ2n) is 9.56.